The summed E-state index contributed by atoms with van der Waals surface area (Å²) in [6, 6.07) is 7.18. The number of halogens is 2. The zero-order valence-corrected chi connectivity index (χ0v) is 20.1. The first-order valence-corrected chi connectivity index (χ1v) is 11.5. The summed E-state index contributed by atoms with van der Waals surface area (Å²) in [5.41, 5.74) is 1.90. The molecule has 5 rings (SSSR count). The predicted molar refractivity (Wildman–Crippen MR) is 133 cm³/mol. The molecule has 0 bridgehead atoms. The zero-order chi connectivity index (χ0) is 23.8. The van der Waals surface area contributed by atoms with Gasteiger partial charge < -0.3 is 14.6 Å². The Morgan fingerprint density at radius 1 is 1.06 bits per heavy atom. The summed E-state index contributed by atoms with van der Waals surface area (Å²) in [5.74, 6) is 2.16. The van der Waals surface area contributed by atoms with Crippen molar-refractivity contribution in [1.29, 1.82) is 0 Å². The molecule has 8 nitrogen and oxygen atoms in total. The van der Waals surface area contributed by atoms with Gasteiger partial charge in [0.2, 0.25) is 17.6 Å². The van der Waals surface area contributed by atoms with Crippen molar-refractivity contribution in [2.45, 2.75) is 26.7 Å². The first kappa shape index (κ1) is 22.3. The number of aromatic nitrogens is 5. The van der Waals surface area contributed by atoms with E-state index in [9.17, 15) is 0 Å². The Bertz CT molecular complexity index is 1500. The summed E-state index contributed by atoms with van der Waals surface area (Å²) < 4.78 is 11.1. The van der Waals surface area contributed by atoms with E-state index in [0.29, 0.717) is 51.3 Å². The Labute approximate surface area is 205 Å². The van der Waals surface area contributed by atoms with Crippen molar-refractivity contribution in [2.24, 2.45) is 0 Å². The maximum atomic E-state index is 6.65. The first-order valence-electron chi connectivity index (χ1n) is 10.7. The van der Waals surface area contributed by atoms with Crippen LogP contribution in [0.15, 0.2) is 47.4 Å². The van der Waals surface area contributed by atoms with E-state index in [1.165, 1.54) is 0 Å². The highest BCUT2D eigenvalue weighted by Gasteiger charge is 2.18. The molecule has 0 unspecified atom stereocenters. The van der Waals surface area contributed by atoms with Crippen molar-refractivity contribution in [2.75, 3.05) is 11.9 Å². The number of fused-ring (bicyclic) bond motifs is 3. The van der Waals surface area contributed by atoms with Crippen LogP contribution in [0.2, 0.25) is 10.0 Å². The number of pyridine rings is 3. The molecule has 4 heterocycles. The van der Waals surface area contributed by atoms with Gasteiger partial charge in [-0.1, -0.05) is 42.2 Å². The average molecular weight is 495 g/mol. The van der Waals surface area contributed by atoms with Gasteiger partial charge in [0.25, 0.3) is 0 Å². The topological polar surface area (TPSA) is 98.8 Å². The summed E-state index contributed by atoms with van der Waals surface area (Å²) in [6.45, 7) is 6.35. The van der Waals surface area contributed by atoms with Crippen LogP contribution < -0.4 is 10.1 Å². The van der Waals surface area contributed by atoms with E-state index in [-0.39, 0.29) is 5.92 Å². The molecule has 1 aromatic carbocycles. The Morgan fingerprint density at radius 2 is 1.85 bits per heavy atom. The molecule has 1 N–H and O–H groups in total. The molecule has 0 saturated carbocycles. The van der Waals surface area contributed by atoms with Gasteiger partial charge in [0, 0.05) is 40.8 Å². The standard InChI is InChI=1S/C24H20Cl2N6O2/c1-4-33-24-19-14(5-8-28-24)22(29-18-6-7-27-11-15(18)19)30-20-16(25)9-13(10-17(20)26)21-31-23(12(2)3)34-32-21/h5-12H,4H2,1-3H3,(H,29,30). The smallest absolute Gasteiger partial charge is 0.229 e. The lowest BCUT2D eigenvalue weighted by Crippen LogP contribution is -2.01. The number of hydrogen-bond acceptors (Lipinski definition) is 8. The number of hydrogen-bond donors (Lipinski definition) is 1. The van der Waals surface area contributed by atoms with Crippen molar-refractivity contribution < 1.29 is 9.26 Å². The van der Waals surface area contributed by atoms with Gasteiger partial charge in [-0.25, -0.2) is 9.97 Å². The van der Waals surface area contributed by atoms with E-state index in [1.54, 1.807) is 30.7 Å². The normalized spacial score (nSPS) is 11.5. The van der Waals surface area contributed by atoms with Crippen LogP contribution in [0.4, 0.5) is 11.5 Å². The molecule has 0 amide bonds. The minimum Gasteiger partial charge on any atom is -0.478 e. The maximum Gasteiger partial charge on any atom is 0.229 e. The molecular weight excluding hydrogens is 475 g/mol. The second kappa shape index (κ2) is 9.04. The maximum absolute atomic E-state index is 6.65. The molecule has 34 heavy (non-hydrogen) atoms. The van der Waals surface area contributed by atoms with E-state index < -0.39 is 0 Å². The minimum absolute atomic E-state index is 0.117. The molecule has 0 saturated heterocycles. The number of nitrogens with one attached hydrogen (secondary N) is 1. The van der Waals surface area contributed by atoms with Gasteiger partial charge >= 0.3 is 0 Å². The number of benzene rings is 1. The van der Waals surface area contributed by atoms with E-state index in [0.717, 1.165) is 21.7 Å². The fourth-order valence-electron chi connectivity index (χ4n) is 3.63. The fraction of sp³-hybridized carbons (Fsp3) is 0.208. The van der Waals surface area contributed by atoms with Crippen molar-refractivity contribution in [3.63, 3.8) is 0 Å². The molecule has 0 aliphatic rings. The number of ether oxygens (including phenoxy) is 1. The average Bonchev–Trinajstić information content (AvgIpc) is 3.32. The van der Waals surface area contributed by atoms with Crippen molar-refractivity contribution in [3.05, 3.63) is 58.8 Å². The van der Waals surface area contributed by atoms with Crippen LogP contribution in [0.1, 0.15) is 32.6 Å². The first-order chi connectivity index (χ1) is 16.5. The number of anilines is 2. The predicted octanol–water partition coefficient (Wildman–Crippen LogP) is 6.80. The highest BCUT2D eigenvalue weighted by molar-refractivity contribution is 6.39. The Hall–Kier alpha value is -3.49. The van der Waals surface area contributed by atoms with Crippen LogP contribution in [-0.2, 0) is 0 Å². The molecule has 0 atom stereocenters. The van der Waals surface area contributed by atoms with Gasteiger partial charge in [0.1, 0.15) is 5.82 Å². The summed E-state index contributed by atoms with van der Waals surface area (Å²) in [6.07, 6.45) is 5.12. The second-order valence-electron chi connectivity index (χ2n) is 7.88. The summed E-state index contributed by atoms with van der Waals surface area (Å²) in [5, 5.41) is 10.6. The van der Waals surface area contributed by atoms with Crippen molar-refractivity contribution in [3.8, 4) is 17.3 Å². The van der Waals surface area contributed by atoms with Crippen molar-refractivity contribution in [1.82, 2.24) is 25.1 Å². The van der Waals surface area contributed by atoms with Crippen LogP contribution in [0.5, 0.6) is 5.88 Å². The van der Waals surface area contributed by atoms with Gasteiger partial charge in [-0.3, -0.25) is 4.98 Å². The van der Waals surface area contributed by atoms with E-state index in [1.807, 2.05) is 32.9 Å². The third-order valence-electron chi connectivity index (χ3n) is 5.23. The zero-order valence-electron chi connectivity index (χ0n) is 18.6. The summed E-state index contributed by atoms with van der Waals surface area (Å²) in [7, 11) is 0. The Kier molecular flexibility index (Phi) is 5.93. The van der Waals surface area contributed by atoms with Crippen LogP contribution >= 0.6 is 23.2 Å². The molecule has 0 spiro atoms. The number of rotatable bonds is 6. The van der Waals surface area contributed by atoms with E-state index in [4.69, 9.17) is 37.4 Å². The third kappa shape index (κ3) is 3.99. The molecule has 0 radical (unpaired) electrons. The second-order valence-corrected chi connectivity index (χ2v) is 8.69. The lowest BCUT2D eigenvalue weighted by Gasteiger charge is -2.15. The Balaban J connectivity index is 1.62. The minimum atomic E-state index is 0.117. The van der Waals surface area contributed by atoms with Crippen LogP contribution in [0.3, 0.4) is 0 Å². The highest BCUT2D eigenvalue weighted by Crippen LogP contribution is 2.40. The van der Waals surface area contributed by atoms with Crippen LogP contribution in [0.25, 0.3) is 33.1 Å². The van der Waals surface area contributed by atoms with Gasteiger partial charge in [-0.05, 0) is 31.2 Å². The lowest BCUT2D eigenvalue weighted by molar-refractivity contribution is 0.331. The van der Waals surface area contributed by atoms with Crippen molar-refractivity contribution >= 4 is 56.4 Å². The molecule has 4 aromatic heterocycles. The number of nitrogens with zero attached hydrogens (tertiary/aromatic N) is 5. The fourth-order valence-corrected chi connectivity index (χ4v) is 4.21. The molecule has 10 heteroatoms. The Morgan fingerprint density at radius 3 is 2.56 bits per heavy atom. The SMILES string of the molecule is CCOc1nccc2c(Nc3c(Cl)cc(-c4noc(C(C)C)n4)cc3Cl)nc3ccncc3c12. The molecular formula is C24H20Cl2N6O2. The van der Waals surface area contributed by atoms with Crippen LogP contribution in [-0.4, -0.2) is 31.7 Å². The molecule has 0 aliphatic carbocycles. The molecule has 5 aromatic rings. The highest BCUT2D eigenvalue weighted by atomic mass is 35.5. The molecule has 0 aliphatic heterocycles. The summed E-state index contributed by atoms with van der Waals surface area (Å²) >= 11 is 13.3. The monoisotopic (exact) mass is 494 g/mol. The van der Waals surface area contributed by atoms with Crippen LogP contribution in [0, 0.1) is 0 Å². The third-order valence-corrected chi connectivity index (χ3v) is 5.83. The van der Waals surface area contributed by atoms with Gasteiger partial charge in [0.05, 0.1) is 33.2 Å². The summed E-state index contributed by atoms with van der Waals surface area (Å²) in [4.78, 5) is 17.9. The largest absolute Gasteiger partial charge is 0.478 e. The molecule has 172 valence electrons. The van der Waals surface area contributed by atoms with E-state index >= 15 is 0 Å². The van der Waals surface area contributed by atoms with Gasteiger partial charge in [0.15, 0.2) is 0 Å². The quantitative estimate of drug-likeness (QED) is 0.257. The lowest BCUT2D eigenvalue weighted by atomic mass is 10.1. The van der Waals surface area contributed by atoms with Gasteiger partial charge in [-0.2, -0.15) is 4.98 Å². The molecule has 0 fully saturated rings. The van der Waals surface area contributed by atoms with E-state index in [2.05, 4.69) is 25.4 Å². The van der Waals surface area contributed by atoms with Gasteiger partial charge in [-0.15, -0.1) is 0 Å².